The highest BCUT2D eigenvalue weighted by molar-refractivity contribution is 6.26. The Labute approximate surface area is 79.4 Å². The van der Waals surface area contributed by atoms with E-state index < -0.39 is 16.6 Å². The van der Waals surface area contributed by atoms with Gasteiger partial charge in [0.05, 0.1) is 10.4 Å². The molecule has 0 radical (unpaired) electrons. The lowest BCUT2D eigenvalue weighted by molar-refractivity contribution is -0.0884. The van der Waals surface area contributed by atoms with Gasteiger partial charge < -0.3 is 0 Å². The molecule has 0 saturated heterocycles. The van der Waals surface area contributed by atoms with E-state index in [1.165, 1.54) is 25.2 Å². The molecule has 0 heterocycles. The quantitative estimate of drug-likeness (QED) is 0.534. The summed E-state index contributed by atoms with van der Waals surface area (Å²) in [7, 11) is 0. The maximum Gasteiger partial charge on any atom is 0.416 e. The average molecular weight is 209 g/mol. The zero-order valence-electron chi connectivity index (χ0n) is 6.90. The summed E-state index contributed by atoms with van der Waals surface area (Å²) in [6, 6.07) is 0. The lowest BCUT2D eigenvalue weighted by Crippen LogP contribution is -2.15. The Morgan fingerprint density at radius 2 is 1.92 bits per heavy atom. The van der Waals surface area contributed by atoms with Crippen LogP contribution in [0, 0.1) is 0 Å². The molecule has 72 valence electrons. The van der Waals surface area contributed by atoms with Crippen molar-refractivity contribution in [3.8, 4) is 0 Å². The first-order valence-electron chi connectivity index (χ1n) is 3.66. The van der Waals surface area contributed by atoms with Crippen LogP contribution in [0.2, 0.25) is 0 Å². The topological polar surface area (TPSA) is 0 Å². The molecular weight excluding hydrogens is 201 g/mol. The number of allylic oxidation sites excluding steroid dienone is 6. The minimum absolute atomic E-state index is 0.713. The van der Waals surface area contributed by atoms with Gasteiger partial charge in [-0.05, 0) is 13.0 Å². The van der Waals surface area contributed by atoms with Crippen LogP contribution in [-0.2, 0) is 0 Å². The lowest BCUT2D eigenvalue weighted by Gasteiger charge is -2.14. The van der Waals surface area contributed by atoms with Gasteiger partial charge in [-0.2, -0.15) is 13.2 Å². The molecule has 0 amide bonds. The van der Waals surface area contributed by atoms with Crippen molar-refractivity contribution >= 4 is 11.6 Å². The minimum atomic E-state index is -4.33. The van der Waals surface area contributed by atoms with Crippen molar-refractivity contribution in [3.63, 3.8) is 0 Å². The van der Waals surface area contributed by atoms with E-state index in [9.17, 15) is 13.2 Å². The van der Waals surface area contributed by atoms with Gasteiger partial charge in [-0.3, -0.25) is 0 Å². The zero-order valence-corrected chi connectivity index (χ0v) is 7.65. The van der Waals surface area contributed by atoms with Crippen molar-refractivity contribution < 1.29 is 13.2 Å². The van der Waals surface area contributed by atoms with Gasteiger partial charge in [0.15, 0.2) is 0 Å². The largest absolute Gasteiger partial charge is 0.416 e. The standard InChI is InChI=1S/C9H8ClF3/c1-8(10)5-3-2-4-7(6-8)9(11,12)13/h2-6H,1H3. The Balaban J connectivity index is 3.06. The van der Waals surface area contributed by atoms with Gasteiger partial charge in [0.2, 0.25) is 0 Å². The Morgan fingerprint density at radius 1 is 1.31 bits per heavy atom. The third kappa shape index (κ3) is 2.92. The van der Waals surface area contributed by atoms with Crippen molar-refractivity contribution in [2.24, 2.45) is 0 Å². The molecular formula is C9H8ClF3. The number of alkyl halides is 4. The minimum Gasteiger partial charge on any atom is -0.166 e. The zero-order chi connectivity index (χ0) is 10.1. The van der Waals surface area contributed by atoms with Crippen molar-refractivity contribution in [1.82, 2.24) is 0 Å². The van der Waals surface area contributed by atoms with Gasteiger partial charge in [0.25, 0.3) is 0 Å². The number of halogens is 4. The summed E-state index contributed by atoms with van der Waals surface area (Å²) in [5.74, 6) is 0. The van der Waals surface area contributed by atoms with E-state index in [-0.39, 0.29) is 0 Å². The second-order valence-electron chi connectivity index (χ2n) is 2.97. The van der Waals surface area contributed by atoms with Gasteiger partial charge in [0, 0.05) is 0 Å². The first-order valence-corrected chi connectivity index (χ1v) is 4.04. The molecule has 0 aromatic rings. The SMILES string of the molecule is CC1(Cl)C=CC=CC(C(F)(F)F)=C1. The summed E-state index contributed by atoms with van der Waals surface area (Å²) >= 11 is 5.77. The van der Waals surface area contributed by atoms with Gasteiger partial charge >= 0.3 is 6.18 Å². The molecule has 1 rings (SSSR count). The second kappa shape index (κ2) is 3.22. The van der Waals surface area contributed by atoms with E-state index >= 15 is 0 Å². The fourth-order valence-corrected chi connectivity index (χ4v) is 1.17. The van der Waals surface area contributed by atoms with Crippen LogP contribution in [0.15, 0.2) is 36.0 Å². The van der Waals surface area contributed by atoms with E-state index in [0.29, 0.717) is 0 Å². The predicted molar refractivity (Wildman–Crippen MR) is 46.7 cm³/mol. The molecule has 0 spiro atoms. The number of hydrogen-bond donors (Lipinski definition) is 0. The normalized spacial score (nSPS) is 28.5. The number of hydrogen-bond acceptors (Lipinski definition) is 0. The molecule has 13 heavy (non-hydrogen) atoms. The fourth-order valence-electron chi connectivity index (χ4n) is 0.980. The average Bonchev–Trinajstić information content (AvgIpc) is 2.08. The Morgan fingerprint density at radius 3 is 2.46 bits per heavy atom. The predicted octanol–water partition coefficient (Wildman–Crippen LogP) is 3.60. The maximum atomic E-state index is 12.3. The summed E-state index contributed by atoms with van der Waals surface area (Å²) < 4.78 is 36.8. The third-order valence-electron chi connectivity index (χ3n) is 1.57. The summed E-state index contributed by atoms with van der Waals surface area (Å²) in [5, 5.41) is 0. The van der Waals surface area contributed by atoms with Crippen LogP contribution in [0.3, 0.4) is 0 Å². The molecule has 1 aliphatic rings. The molecule has 0 saturated carbocycles. The molecule has 0 aliphatic heterocycles. The molecule has 0 aromatic carbocycles. The molecule has 0 N–H and O–H groups in total. The monoisotopic (exact) mass is 208 g/mol. The Bertz CT molecular complexity index is 282. The van der Waals surface area contributed by atoms with Crippen LogP contribution in [-0.4, -0.2) is 11.1 Å². The smallest absolute Gasteiger partial charge is 0.166 e. The summed E-state index contributed by atoms with van der Waals surface area (Å²) in [6.45, 7) is 1.50. The molecule has 1 aliphatic carbocycles. The van der Waals surface area contributed by atoms with Crippen LogP contribution in [0.1, 0.15) is 6.92 Å². The number of rotatable bonds is 0. The molecule has 4 heteroatoms. The van der Waals surface area contributed by atoms with Gasteiger partial charge in [-0.25, -0.2) is 0 Å². The van der Waals surface area contributed by atoms with Gasteiger partial charge in [0.1, 0.15) is 0 Å². The Kier molecular flexibility index (Phi) is 2.57. The van der Waals surface area contributed by atoms with Crippen LogP contribution < -0.4 is 0 Å². The highest BCUT2D eigenvalue weighted by atomic mass is 35.5. The molecule has 0 fully saturated rings. The molecule has 0 nitrogen and oxygen atoms in total. The van der Waals surface area contributed by atoms with Crippen molar-refractivity contribution in [1.29, 1.82) is 0 Å². The van der Waals surface area contributed by atoms with E-state index in [1.54, 1.807) is 0 Å². The van der Waals surface area contributed by atoms with E-state index in [2.05, 4.69) is 0 Å². The molecule has 1 unspecified atom stereocenters. The molecule has 1 atom stereocenters. The van der Waals surface area contributed by atoms with Crippen LogP contribution in [0.4, 0.5) is 13.2 Å². The summed E-state index contributed by atoms with van der Waals surface area (Å²) in [5.41, 5.74) is -0.713. The first kappa shape index (κ1) is 10.4. The highest BCUT2D eigenvalue weighted by Crippen LogP contribution is 2.32. The third-order valence-corrected chi connectivity index (χ3v) is 1.81. The molecule has 0 bridgehead atoms. The summed E-state index contributed by atoms with van der Waals surface area (Å²) in [4.78, 5) is -1.06. The van der Waals surface area contributed by atoms with Crippen molar-refractivity contribution in [3.05, 3.63) is 36.0 Å². The fraction of sp³-hybridized carbons (Fsp3) is 0.333. The van der Waals surface area contributed by atoms with Crippen LogP contribution >= 0.6 is 11.6 Å². The first-order chi connectivity index (χ1) is 5.81. The van der Waals surface area contributed by atoms with Crippen molar-refractivity contribution in [2.75, 3.05) is 0 Å². The van der Waals surface area contributed by atoms with Crippen LogP contribution in [0.5, 0.6) is 0 Å². The van der Waals surface area contributed by atoms with E-state index in [0.717, 1.165) is 12.2 Å². The summed E-state index contributed by atoms with van der Waals surface area (Å²) in [6.07, 6.45) is 2.00. The highest BCUT2D eigenvalue weighted by Gasteiger charge is 2.34. The van der Waals surface area contributed by atoms with Gasteiger partial charge in [-0.1, -0.05) is 24.3 Å². The molecule has 0 aromatic heterocycles. The van der Waals surface area contributed by atoms with Crippen molar-refractivity contribution in [2.45, 2.75) is 18.0 Å². The van der Waals surface area contributed by atoms with Crippen LogP contribution in [0.25, 0.3) is 0 Å². The van der Waals surface area contributed by atoms with E-state index in [4.69, 9.17) is 11.6 Å². The van der Waals surface area contributed by atoms with Gasteiger partial charge in [-0.15, -0.1) is 11.6 Å². The maximum absolute atomic E-state index is 12.3. The van der Waals surface area contributed by atoms with E-state index in [1.807, 2.05) is 0 Å². The lowest BCUT2D eigenvalue weighted by atomic mass is 10.1. The second-order valence-corrected chi connectivity index (χ2v) is 3.78. The Hall–Kier alpha value is -0.700.